The zero-order chi connectivity index (χ0) is 13.1. The van der Waals surface area contributed by atoms with Gasteiger partial charge < -0.3 is 5.32 Å². The molecule has 8 heteroatoms. The maximum absolute atomic E-state index is 13.8. The van der Waals surface area contributed by atoms with Gasteiger partial charge in [0.2, 0.25) is 0 Å². The third kappa shape index (κ3) is 4.49. The highest BCUT2D eigenvalue weighted by Crippen LogP contribution is 2.34. The van der Waals surface area contributed by atoms with E-state index in [1.807, 2.05) is 0 Å². The summed E-state index contributed by atoms with van der Waals surface area (Å²) in [6.45, 7) is 2.29. The van der Waals surface area contributed by atoms with Crippen molar-refractivity contribution in [2.75, 3.05) is 26.2 Å². The van der Waals surface area contributed by atoms with Gasteiger partial charge in [-0.3, -0.25) is 4.90 Å². The Bertz CT molecular complexity index is 397. The normalized spacial score (nSPS) is 17.2. The fourth-order valence-corrected chi connectivity index (χ4v) is 2.80. The summed E-state index contributed by atoms with van der Waals surface area (Å²) in [7, 11) is 0. The molecule has 20 heavy (non-hydrogen) atoms. The highest BCUT2D eigenvalue weighted by molar-refractivity contribution is 9.10. The number of piperazine rings is 1. The number of hydrogen-bond donors (Lipinski definition) is 1. The van der Waals surface area contributed by atoms with Crippen molar-refractivity contribution in [2.45, 2.75) is 12.5 Å². The molecule has 0 unspecified atom stereocenters. The average molecular weight is 396 g/mol. The summed E-state index contributed by atoms with van der Waals surface area (Å²) < 4.78 is 40.8. The summed E-state index contributed by atoms with van der Waals surface area (Å²) >= 11 is 3.17. The lowest BCUT2D eigenvalue weighted by Crippen LogP contribution is -2.47. The summed E-state index contributed by atoms with van der Waals surface area (Å²) in [6, 6.07) is 3.12. The lowest BCUT2D eigenvalue weighted by molar-refractivity contribution is 0.0160. The number of halogens is 6. The molecule has 0 aromatic heterocycles. The second-order valence-corrected chi connectivity index (χ2v) is 5.05. The van der Waals surface area contributed by atoms with E-state index in [0.717, 1.165) is 0 Å². The van der Waals surface area contributed by atoms with Crippen LogP contribution in [0.3, 0.4) is 0 Å². The molecule has 1 aliphatic heterocycles. The molecular weight excluding hydrogens is 380 g/mol. The largest absolute Gasteiger partial charge is 0.314 e. The molecule has 0 amide bonds. The van der Waals surface area contributed by atoms with Gasteiger partial charge in [0.1, 0.15) is 11.9 Å². The third-order valence-electron chi connectivity index (χ3n) is 3.08. The van der Waals surface area contributed by atoms with Crippen molar-refractivity contribution in [2.24, 2.45) is 0 Å². The van der Waals surface area contributed by atoms with Crippen molar-refractivity contribution in [1.29, 1.82) is 0 Å². The van der Waals surface area contributed by atoms with Crippen molar-refractivity contribution in [3.63, 3.8) is 0 Å². The van der Waals surface area contributed by atoms with Crippen LogP contribution in [0.5, 0.6) is 0 Å². The van der Waals surface area contributed by atoms with Crippen LogP contribution < -0.4 is 5.32 Å². The SMILES string of the molecule is Cl.Cl.Fc1cccc(Br)c1[C@@H](C(F)F)N1CCNCC1. The Morgan fingerprint density at radius 1 is 1.15 bits per heavy atom. The Labute approximate surface area is 137 Å². The van der Waals surface area contributed by atoms with Crippen molar-refractivity contribution < 1.29 is 13.2 Å². The van der Waals surface area contributed by atoms with E-state index < -0.39 is 18.3 Å². The van der Waals surface area contributed by atoms with Crippen LogP contribution >= 0.6 is 40.7 Å². The monoisotopic (exact) mass is 394 g/mol. The minimum atomic E-state index is -2.61. The predicted octanol–water partition coefficient (Wildman–Crippen LogP) is 3.64. The molecule has 1 heterocycles. The van der Waals surface area contributed by atoms with E-state index in [-0.39, 0.29) is 30.4 Å². The van der Waals surface area contributed by atoms with Crippen LogP contribution in [0.25, 0.3) is 0 Å². The summed E-state index contributed by atoms with van der Waals surface area (Å²) in [4.78, 5) is 1.63. The first-order valence-electron chi connectivity index (χ1n) is 5.78. The van der Waals surface area contributed by atoms with E-state index in [0.29, 0.717) is 30.7 Å². The Balaban J connectivity index is 0.00000180. The van der Waals surface area contributed by atoms with Crippen molar-refractivity contribution in [3.05, 3.63) is 34.1 Å². The summed E-state index contributed by atoms with van der Waals surface area (Å²) in [5, 5.41) is 3.10. The minimum absolute atomic E-state index is 0. The first-order valence-corrected chi connectivity index (χ1v) is 6.57. The second-order valence-electron chi connectivity index (χ2n) is 4.20. The van der Waals surface area contributed by atoms with E-state index in [9.17, 15) is 13.2 Å². The average Bonchev–Trinajstić information content (AvgIpc) is 2.34. The highest BCUT2D eigenvalue weighted by atomic mass is 79.9. The Hall–Kier alpha value is -0.0100. The van der Waals surface area contributed by atoms with Gasteiger partial charge >= 0.3 is 0 Å². The smallest absolute Gasteiger partial charge is 0.258 e. The van der Waals surface area contributed by atoms with E-state index in [2.05, 4.69) is 21.2 Å². The quantitative estimate of drug-likeness (QED) is 0.840. The molecule has 2 rings (SSSR count). The van der Waals surface area contributed by atoms with Gasteiger partial charge in [-0.2, -0.15) is 0 Å². The predicted molar refractivity (Wildman–Crippen MR) is 81.8 cm³/mol. The molecule has 1 aromatic carbocycles. The van der Waals surface area contributed by atoms with Gasteiger partial charge in [-0.15, -0.1) is 24.8 Å². The fourth-order valence-electron chi connectivity index (χ4n) is 2.22. The number of rotatable bonds is 3. The molecule has 1 saturated heterocycles. The molecular formula is C12H16BrCl2F3N2. The summed E-state index contributed by atoms with van der Waals surface area (Å²) in [5.41, 5.74) is 0.0504. The first kappa shape index (κ1) is 20.0. The van der Waals surface area contributed by atoms with E-state index in [1.54, 1.807) is 11.0 Å². The number of benzene rings is 1. The maximum atomic E-state index is 13.8. The molecule has 1 fully saturated rings. The van der Waals surface area contributed by atoms with E-state index in [4.69, 9.17) is 0 Å². The van der Waals surface area contributed by atoms with Crippen molar-refractivity contribution >= 4 is 40.7 Å². The molecule has 116 valence electrons. The van der Waals surface area contributed by atoms with Crippen LogP contribution in [0.2, 0.25) is 0 Å². The fraction of sp³-hybridized carbons (Fsp3) is 0.500. The van der Waals surface area contributed by atoms with Gasteiger partial charge in [0.05, 0.1) is 0 Å². The van der Waals surface area contributed by atoms with Crippen LogP contribution in [-0.2, 0) is 0 Å². The Morgan fingerprint density at radius 2 is 1.75 bits per heavy atom. The minimum Gasteiger partial charge on any atom is -0.314 e. The van der Waals surface area contributed by atoms with E-state index in [1.165, 1.54) is 12.1 Å². The third-order valence-corrected chi connectivity index (χ3v) is 3.77. The number of alkyl halides is 2. The zero-order valence-electron chi connectivity index (χ0n) is 10.5. The zero-order valence-corrected chi connectivity index (χ0v) is 13.7. The number of hydrogen-bond acceptors (Lipinski definition) is 2. The van der Waals surface area contributed by atoms with Gasteiger partial charge in [0.25, 0.3) is 6.43 Å². The van der Waals surface area contributed by atoms with Crippen LogP contribution in [0.15, 0.2) is 22.7 Å². The van der Waals surface area contributed by atoms with Crippen molar-refractivity contribution in [3.8, 4) is 0 Å². The molecule has 0 radical (unpaired) electrons. The topological polar surface area (TPSA) is 15.3 Å². The van der Waals surface area contributed by atoms with Gasteiger partial charge in [0, 0.05) is 36.2 Å². The summed E-state index contributed by atoms with van der Waals surface area (Å²) in [6.07, 6.45) is -2.61. The molecule has 1 N–H and O–H groups in total. The van der Waals surface area contributed by atoms with Gasteiger partial charge in [-0.25, -0.2) is 13.2 Å². The number of nitrogens with one attached hydrogen (secondary N) is 1. The first-order chi connectivity index (χ1) is 8.61. The van der Waals surface area contributed by atoms with Crippen LogP contribution in [-0.4, -0.2) is 37.5 Å². The molecule has 0 saturated carbocycles. The van der Waals surface area contributed by atoms with Gasteiger partial charge in [0.15, 0.2) is 0 Å². The lowest BCUT2D eigenvalue weighted by atomic mass is 10.0. The van der Waals surface area contributed by atoms with E-state index >= 15 is 0 Å². The van der Waals surface area contributed by atoms with Gasteiger partial charge in [-0.05, 0) is 12.1 Å². The van der Waals surface area contributed by atoms with Crippen LogP contribution in [0.1, 0.15) is 11.6 Å². The molecule has 1 aliphatic rings. The second kappa shape index (κ2) is 9.10. The standard InChI is InChI=1S/C12H14BrF3N2.2ClH/c13-8-2-1-3-9(14)10(8)11(12(15)16)18-6-4-17-5-7-18;;/h1-3,11-12,17H,4-7H2;2*1H/t11-;;/m0../s1. The van der Waals surface area contributed by atoms with Crippen LogP contribution in [0, 0.1) is 5.82 Å². The van der Waals surface area contributed by atoms with Crippen LogP contribution in [0.4, 0.5) is 13.2 Å². The Morgan fingerprint density at radius 3 is 2.25 bits per heavy atom. The molecule has 2 nitrogen and oxygen atoms in total. The number of nitrogens with zero attached hydrogens (tertiary/aromatic N) is 1. The molecule has 1 atom stereocenters. The summed E-state index contributed by atoms with van der Waals surface area (Å²) in [5.74, 6) is -0.590. The van der Waals surface area contributed by atoms with Crippen molar-refractivity contribution in [1.82, 2.24) is 10.2 Å². The Kier molecular flexibility index (Phi) is 9.09. The molecule has 0 bridgehead atoms. The lowest BCUT2D eigenvalue weighted by Gasteiger charge is -2.35. The molecule has 0 aliphatic carbocycles. The molecule has 1 aromatic rings. The maximum Gasteiger partial charge on any atom is 0.258 e. The van der Waals surface area contributed by atoms with Gasteiger partial charge in [-0.1, -0.05) is 22.0 Å². The molecule has 0 spiro atoms. The highest BCUT2D eigenvalue weighted by Gasteiger charge is 2.33.